The van der Waals surface area contributed by atoms with Gasteiger partial charge in [-0.3, -0.25) is 0 Å². The van der Waals surface area contributed by atoms with Gasteiger partial charge in [0.1, 0.15) is 0 Å². The van der Waals surface area contributed by atoms with Crippen molar-refractivity contribution >= 4 is 0 Å². The van der Waals surface area contributed by atoms with Crippen LogP contribution in [0.4, 0.5) is 0 Å². The van der Waals surface area contributed by atoms with Gasteiger partial charge in [-0.2, -0.15) is 0 Å². The fourth-order valence-electron chi connectivity index (χ4n) is 2.37. The third-order valence-electron chi connectivity index (χ3n) is 3.42. The Morgan fingerprint density at radius 3 is 2.53 bits per heavy atom. The van der Waals surface area contributed by atoms with Crippen LogP contribution in [0, 0.1) is 5.92 Å². The Morgan fingerprint density at radius 2 is 1.80 bits per heavy atom. The summed E-state index contributed by atoms with van der Waals surface area (Å²) in [6.45, 7) is 5.04. The Kier molecular flexibility index (Phi) is 4.90. The molecule has 1 atom stereocenters. The number of nitrogens with one attached hydrogen (secondary N) is 1. The van der Waals surface area contributed by atoms with E-state index in [1.165, 1.54) is 32.1 Å². The molecule has 0 amide bonds. The van der Waals surface area contributed by atoms with Gasteiger partial charge in [-0.05, 0) is 44.6 Å². The Labute approximate surface area is 92.5 Å². The maximum Gasteiger partial charge on any atom is 0.0699 e. The molecule has 2 heterocycles. The number of hydrogen-bond donors (Lipinski definition) is 1. The Bertz CT molecular complexity index is 145. The fourth-order valence-corrected chi connectivity index (χ4v) is 2.37. The second-order valence-electron chi connectivity index (χ2n) is 4.70. The molecule has 1 N–H and O–H groups in total. The van der Waals surface area contributed by atoms with Crippen molar-refractivity contribution in [3.8, 4) is 0 Å². The number of ether oxygens (including phenoxy) is 2. The van der Waals surface area contributed by atoms with Crippen molar-refractivity contribution in [2.24, 2.45) is 5.92 Å². The first-order chi connectivity index (χ1) is 7.45. The van der Waals surface area contributed by atoms with Crippen LogP contribution in [0.1, 0.15) is 32.1 Å². The summed E-state index contributed by atoms with van der Waals surface area (Å²) in [6, 6.07) is 0. The van der Waals surface area contributed by atoms with Crippen molar-refractivity contribution in [2.75, 3.05) is 32.9 Å². The zero-order chi connectivity index (χ0) is 10.3. The highest BCUT2D eigenvalue weighted by Gasteiger charge is 2.16. The first-order valence-corrected chi connectivity index (χ1v) is 6.35. The van der Waals surface area contributed by atoms with Gasteiger partial charge in [-0.15, -0.1) is 0 Å². The molecule has 2 aliphatic rings. The fraction of sp³-hybridized carbons (Fsp3) is 1.00. The molecule has 15 heavy (non-hydrogen) atoms. The molecule has 2 rings (SSSR count). The molecule has 88 valence electrons. The summed E-state index contributed by atoms with van der Waals surface area (Å²) >= 11 is 0. The molecule has 0 aliphatic carbocycles. The van der Waals surface area contributed by atoms with Crippen LogP contribution < -0.4 is 5.32 Å². The average Bonchev–Trinajstić information content (AvgIpc) is 2.32. The standard InChI is InChI=1S/C12H23NO2/c1-2-6-15-12(3-1)10-13-9-11-4-7-14-8-5-11/h11-13H,1-10H2. The molecule has 3 nitrogen and oxygen atoms in total. The van der Waals surface area contributed by atoms with E-state index in [0.29, 0.717) is 6.10 Å². The SMILES string of the molecule is C1CCC(CNCC2CCOCC2)OC1. The molecule has 1 unspecified atom stereocenters. The van der Waals surface area contributed by atoms with E-state index in [1.54, 1.807) is 0 Å². The van der Waals surface area contributed by atoms with Crippen molar-refractivity contribution in [2.45, 2.75) is 38.2 Å². The second-order valence-corrected chi connectivity index (χ2v) is 4.70. The van der Waals surface area contributed by atoms with Gasteiger partial charge in [0, 0.05) is 26.4 Å². The minimum absolute atomic E-state index is 0.471. The zero-order valence-corrected chi connectivity index (χ0v) is 9.54. The molecule has 2 saturated heterocycles. The predicted molar refractivity (Wildman–Crippen MR) is 60.0 cm³/mol. The summed E-state index contributed by atoms with van der Waals surface area (Å²) in [5, 5.41) is 3.54. The predicted octanol–water partition coefficient (Wildman–Crippen LogP) is 1.57. The van der Waals surface area contributed by atoms with Gasteiger partial charge in [0.15, 0.2) is 0 Å². The molecule has 0 aromatic rings. The lowest BCUT2D eigenvalue weighted by atomic mass is 10.0. The van der Waals surface area contributed by atoms with E-state index in [2.05, 4.69) is 5.32 Å². The van der Waals surface area contributed by atoms with Gasteiger partial charge < -0.3 is 14.8 Å². The number of hydrogen-bond acceptors (Lipinski definition) is 3. The van der Waals surface area contributed by atoms with Crippen LogP contribution in [0.15, 0.2) is 0 Å². The average molecular weight is 213 g/mol. The van der Waals surface area contributed by atoms with Crippen LogP contribution in [0.3, 0.4) is 0 Å². The molecule has 0 aromatic heterocycles. The van der Waals surface area contributed by atoms with Crippen molar-refractivity contribution in [1.82, 2.24) is 5.32 Å². The van der Waals surface area contributed by atoms with Gasteiger partial charge in [0.25, 0.3) is 0 Å². The molecule has 0 aromatic carbocycles. The van der Waals surface area contributed by atoms with Gasteiger partial charge in [0.05, 0.1) is 6.10 Å². The summed E-state index contributed by atoms with van der Waals surface area (Å²) in [6.07, 6.45) is 6.73. The highest BCUT2D eigenvalue weighted by atomic mass is 16.5. The van der Waals surface area contributed by atoms with Crippen LogP contribution in [0.2, 0.25) is 0 Å². The Morgan fingerprint density at radius 1 is 0.933 bits per heavy atom. The molecule has 3 heteroatoms. The summed E-state index contributed by atoms with van der Waals surface area (Å²) in [7, 11) is 0. The Hall–Kier alpha value is -0.120. The third-order valence-corrected chi connectivity index (χ3v) is 3.42. The van der Waals surface area contributed by atoms with Crippen LogP contribution in [-0.2, 0) is 9.47 Å². The van der Waals surface area contributed by atoms with Crippen LogP contribution in [0.25, 0.3) is 0 Å². The van der Waals surface area contributed by atoms with Crippen molar-refractivity contribution in [3.63, 3.8) is 0 Å². The molecule has 2 fully saturated rings. The van der Waals surface area contributed by atoms with Crippen LogP contribution in [0.5, 0.6) is 0 Å². The lowest BCUT2D eigenvalue weighted by Crippen LogP contribution is -2.35. The number of rotatable bonds is 4. The third kappa shape index (κ3) is 4.09. The monoisotopic (exact) mass is 213 g/mol. The lowest BCUT2D eigenvalue weighted by molar-refractivity contribution is 0.0147. The van der Waals surface area contributed by atoms with E-state index in [1.807, 2.05) is 0 Å². The first kappa shape index (κ1) is 11.4. The zero-order valence-electron chi connectivity index (χ0n) is 9.54. The second kappa shape index (κ2) is 6.46. The van der Waals surface area contributed by atoms with Crippen molar-refractivity contribution < 1.29 is 9.47 Å². The highest BCUT2D eigenvalue weighted by molar-refractivity contribution is 4.70. The minimum atomic E-state index is 0.471. The van der Waals surface area contributed by atoms with E-state index < -0.39 is 0 Å². The molecule has 0 saturated carbocycles. The smallest absolute Gasteiger partial charge is 0.0699 e. The van der Waals surface area contributed by atoms with Gasteiger partial charge in [-0.25, -0.2) is 0 Å². The Balaban J connectivity index is 1.53. The van der Waals surface area contributed by atoms with Crippen LogP contribution >= 0.6 is 0 Å². The van der Waals surface area contributed by atoms with Crippen molar-refractivity contribution in [1.29, 1.82) is 0 Å². The van der Waals surface area contributed by atoms with Gasteiger partial charge >= 0.3 is 0 Å². The minimum Gasteiger partial charge on any atom is -0.381 e. The molecule has 2 aliphatic heterocycles. The summed E-state index contributed by atoms with van der Waals surface area (Å²) < 4.78 is 11.0. The van der Waals surface area contributed by atoms with E-state index in [-0.39, 0.29) is 0 Å². The molecule has 0 spiro atoms. The first-order valence-electron chi connectivity index (χ1n) is 6.35. The molecular formula is C12H23NO2. The quantitative estimate of drug-likeness (QED) is 0.769. The molecule has 0 bridgehead atoms. The van der Waals surface area contributed by atoms with Gasteiger partial charge in [-0.1, -0.05) is 0 Å². The van der Waals surface area contributed by atoms with E-state index >= 15 is 0 Å². The summed E-state index contributed by atoms with van der Waals surface area (Å²) in [4.78, 5) is 0. The van der Waals surface area contributed by atoms with Crippen molar-refractivity contribution in [3.05, 3.63) is 0 Å². The maximum absolute atomic E-state index is 5.68. The van der Waals surface area contributed by atoms with E-state index in [9.17, 15) is 0 Å². The van der Waals surface area contributed by atoms with E-state index in [0.717, 1.165) is 38.8 Å². The molecule has 0 radical (unpaired) electrons. The topological polar surface area (TPSA) is 30.5 Å². The highest BCUT2D eigenvalue weighted by Crippen LogP contribution is 2.14. The normalized spacial score (nSPS) is 29.2. The maximum atomic E-state index is 5.68. The summed E-state index contributed by atoms with van der Waals surface area (Å²) in [5.41, 5.74) is 0. The molecular weight excluding hydrogens is 190 g/mol. The van der Waals surface area contributed by atoms with Gasteiger partial charge in [0.2, 0.25) is 0 Å². The van der Waals surface area contributed by atoms with Crippen LogP contribution in [-0.4, -0.2) is 39.0 Å². The largest absolute Gasteiger partial charge is 0.381 e. The lowest BCUT2D eigenvalue weighted by Gasteiger charge is -2.26. The summed E-state index contributed by atoms with van der Waals surface area (Å²) in [5.74, 6) is 0.822. The van der Waals surface area contributed by atoms with E-state index in [4.69, 9.17) is 9.47 Å².